The number of Topliss-reactive ketones (excluding diaryl/α,β-unsaturated/α-hetero) is 1. The number of ketones is 1. The molecule has 0 bridgehead atoms. The summed E-state index contributed by atoms with van der Waals surface area (Å²) in [5.74, 6) is 0.775. The number of carbonyl (C=O) groups is 2. The molecule has 172 valence electrons. The molecular weight excluding hydrogens is 424 g/mol. The summed E-state index contributed by atoms with van der Waals surface area (Å²) in [5, 5.41) is 3.55. The Balaban J connectivity index is 1.68. The van der Waals surface area contributed by atoms with Gasteiger partial charge in [0.1, 0.15) is 5.75 Å². The first kappa shape index (κ1) is 22.0. The monoisotopic (exact) mass is 452 g/mol. The third kappa shape index (κ3) is 3.87. The zero-order chi connectivity index (χ0) is 23.8. The van der Waals surface area contributed by atoms with Crippen molar-refractivity contribution >= 4 is 23.1 Å². The summed E-state index contributed by atoms with van der Waals surface area (Å²) >= 11 is 0. The van der Waals surface area contributed by atoms with Gasteiger partial charge in [-0.2, -0.15) is 0 Å². The van der Waals surface area contributed by atoms with E-state index in [-0.39, 0.29) is 17.6 Å². The molecule has 3 aromatic carbocycles. The van der Waals surface area contributed by atoms with Crippen molar-refractivity contribution in [2.45, 2.75) is 38.6 Å². The van der Waals surface area contributed by atoms with Gasteiger partial charge in [-0.1, -0.05) is 54.1 Å². The van der Waals surface area contributed by atoms with Crippen LogP contribution in [0.15, 0.2) is 84.1 Å². The Labute approximate surface area is 200 Å². The lowest BCUT2D eigenvalue weighted by atomic mass is 9.78. The molecule has 5 heteroatoms. The van der Waals surface area contributed by atoms with Gasteiger partial charge < -0.3 is 10.1 Å². The molecule has 1 aliphatic carbocycles. The van der Waals surface area contributed by atoms with Gasteiger partial charge in [0.2, 0.25) is 5.91 Å². The maximum absolute atomic E-state index is 13.8. The molecule has 1 heterocycles. The molecule has 1 aliphatic heterocycles. The molecular formula is C29H28N2O3. The average Bonchev–Trinajstić information content (AvgIpc) is 2.99. The molecule has 0 saturated carbocycles. The van der Waals surface area contributed by atoms with Gasteiger partial charge >= 0.3 is 0 Å². The number of amides is 1. The smallest absolute Gasteiger partial charge is 0.224 e. The van der Waals surface area contributed by atoms with Gasteiger partial charge in [-0.25, -0.2) is 0 Å². The normalized spacial score (nSPS) is 19.6. The zero-order valence-electron chi connectivity index (χ0n) is 19.7. The maximum Gasteiger partial charge on any atom is 0.224 e. The number of fused-ring (bicyclic) bond motifs is 1. The van der Waals surface area contributed by atoms with Crippen LogP contribution in [0.3, 0.4) is 0 Å². The van der Waals surface area contributed by atoms with Crippen molar-refractivity contribution in [1.82, 2.24) is 0 Å². The number of rotatable bonds is 3. The summed E-state index contributed by atoms with van der Waals surface area (Å²) in [6.45, 7) is 3.62. The number of nitrogens with zero attached hydrogens (tertiary/aromatic N) is 1. The minimum absolute atomic E-state index is 0.0687. The third-order valence-electron chi connectivity index (χ3n) is 6.81. The number of hydrogen-bond donors (Lipinski definition) is 1. The van der Waals surface area contributed by atoms with Crippen molar-refractivity contribution in [2.75, 3.05) is 17.3 Å². The van der Waals surface area contributed by atoms with Crippen molar-refractivity contribution in [1.29, 1.82) is 0 Å². The third-order valence-corrected chi connectivity index (χ3v) is 6.81. The Kier molecular flexibility index (Phi) is 5.70. The number of anilines is 2. The predicted octanol–water partition coefficient (Wildman–Crippen LogP) is 5.92. The van der Waals surface area contributed by atoms with E-state index in [0.29, 0.717) is 18.4 Å². The van der Waals surface area contributed by atoms with Crippen LogP contribution in [0.5, 0.6) is 5.75 Å². The minimum atomic E-state index is -0.513. The van der Waals surface area contributed by atoms with Crippen LogP contribution in [0.25, 0.3) is 0 Å². The standard InChI is InChI=1S/C29H28N2O3/c1-18-8-10-20(11-9-18)22-16-25-28(27(33)17-22)29(21-12-14-23(34-3)15-13-21)31(19(2)32)26-7-5-4-6-24(26)30-25/h4-15,22,29-30H,16-17H2,1-3H3/t22-,29-/m1/s1. The van der Waals surface area contributed by atoms with Crippen LogP contribution in [-0.4, -0.2) is 18.8 Å². The molecule has 5 nitrogen and oxygen atoms in total. The second-order valence-electron chi connectivity index (χ2n) is 9.04. The summed E-state index contributed by atoms with van der Waals surface area (Å²) in [6, 6.07) is 23.3. The molecule has 1 amide bonds. The predicted molar refractivity (Wildman–Crippen MR) is 134 cm³/mol. The average molecular weight is 453 g/mol. The molecule has 0 saturated heterocycles. The van der Waals surface area contributed by atoms with Gasteiger partial charge in [0, 0.05) is 24.6 Å². The highest BCUT2D eigenvalue weighted by Gasteiger charge is 2.40. The molecule has 0 spiro atoms. The number of allylic oxidation sites excluding steroid dienone is 1. The van der Waals surface area contributed by atoms with E-state index in [9.17, 15) is 9.59 Å². The van der Waals surface area contributed by atoms with E-state index in [2.05, 4.69) is 36.5 Å². The van der Waals surface area contributed by atoms with Gasteiger partial charge in [-0.05, 0) is 54.7 Å². The van der Waals surface area contributed by atoms with Crippen molar-refractivity contribution in [3.8, 4) is 5.75 Å². The maximum atomic E-state index is 13.8. The molecule has 34 heavy (non-hydrogen) atoms. The Bertz CT molecular complexity index is 1280. The van der Waals surface area contributed by atoms with Crippen LogP contribution in [-0.2, 0) is 9.59 Å². The summed E-state index contributed by atoms with van der Waals surface area (Å²) in [7, 11) is 1.62. The van der Waals surface area contributed by atoms with Crippen LogP contribution in [0.4, 0.5) is 11.4 Å². The van der Waals surface area contributed by atoms with Gasteiger partial charge in [0.15, 0.2) is 5.78 Å². The first-order valence-corrected chi connectivity index (χ1v) is 11.6. The van der Waals surface area contributed by atoms with Gasteiger partial charge in [-0.15, -0.1) is 0 Å². The zero-order valence-corrected chi connectivity index (χ0v) is 19.7. The van der Waals surface area contributed by atoms with Crippen molar-refractivity contribution < 1.29 is 14.3 Å². The number of para-hydroxylation sites is 2. The van der Waals surface area contributed by atoms with E-state index in [1.807, 2.05) is 48.5 Å². The van der Waals surface area contributed by atoms with Gasteiger partial charge in [0.25, 0.3) is 0 Å². The number of methoxy groups -OCH3 is 1. The van der Waals surface area contributed by atoms with E-state index in [1.54, 1.807) is 18.9 Å². The summed E-state index contributed by atoms with van der Waals surface area (Å²) in [5.41, 5.74) is 6.39. The first-order chi connectivity index (χ1) is 16.5. The van der Waals surface area contributed by atoms with Crippen LogP contribution in [0, 0.1) is 6.92 Å². The van der Waals surface area contributed by atoms with Crippen molar-refractivity contribution in [3.63, 3.8) is 0 Å². The molecule has 0 radical (unpaired) electrons. The highest BCUT2D eigenvalue weighted by molar-refractivity contribution is 6.06. The molecule has 2 aliphatic rings. The Morgan fingerprint density at radius 1 is 0.941 bits per heavy atom. The fourth-order valence-electron chi connectivity index (χ4n) is 5.11. The lowest BCUT2D eigenvalue weighted by molar-refractivity contribution is -0.117. The topological polar surface area (TPSA) is 58.6 Å². The fraction of sp³-hybridized carbons (Fsp3) is 0.241. The highest BCUT2D eigenvalue weighted by atomic mass is 16.5. The largest absolute Gasteiger partial charge is 0.497 e. The minimum Gasteiger partial charge on any atom is -0.497 e. The number of ether oxygens (including phenoxy) is 1. The van der Waals surface area contributed by atoms with Crippen molar-refractivity contribution in [2.24, 2.45) is 0 Å². The number of nitrogens with one attached hydrogen (secondary N) is 1. The summed E-state index contributed by atoms with van der Waals surface area (Å²) in [4.78, 5) is 28.6. The first-order valence-electron chi connectivity index (χ1n) is 11.6. The Morgan fingerprint density at radius 3 is 2.29 bits per heavy atom. The Hall–Kier alpha value is -3.86. The second kappa shape index (κ2) is 8.82. The molecule has 5 rings (SSSR count). The van der Waals surface area contributed by atoms with E-state index >= 15 is 0 Å². The van der Waals surface area contributed by atoms with Crippen molar-refractivity contribution in [3.05, 3.63) is 101 Å². The number of carbonyl (C=O) groups excluding carboxylic acids is 2. The quantitative estimate of drug-likeness (QED) is 0.536. The number of hydrogen-bond acceptors (Lipinski definition) is 4. The van der Waals surface area contributed by atoms with E-state index < -0.39 is 6.04 Å². The Morgan fingerprint density at radius 2 is 1.62 bits per heavy atom. The fourth-order valence-corrected chi connectivity index (χ4v) is 5.11. The lowest BCUT2D eigenvalue weighted by Crippen LogP contribution is -2.37. The van der Waals surface area contributed by atoms with Crippen LogP contribution >= 0.6 is 0 Å². The van der Waals surface area contributed by atoms with Gasteiger partial charge in [0.05, 0.1) is 24.5 Å². The number of aryl methyl sites for hydroxylation is 1. The molecule has 0 aromatic heterocycles. The molecule has 3 aromatic rings. The lowest BCUT2D eigenvalue weighted by Gasteiger charge is -2.34. The van der Waals surface area contributed by atoms with E-state index in [0.717, 1.165) is 33.9 Å². The van der Waals surface area contributed by atoms with Crippen LogP contribution < -0.4 is 15.0 Å². The molecule has 0 fully saturated rings. The van der Waals surface area contributed by atoms with Gasteiger partial charge in [-0.3, -0.25) is 14.5 Å². The second-order valence-corrected chi connectivity index (χ2v) is 9.04. The SMILES string of the molecule is COc1ccc([C@@H]2C3=C(C[C@@H](c4ccc(C)cc4)CC3=O)Nc3ccccc3N2C(C)=O)cc1. The summed E-state index contributed by atoms with van der Waals surface area (Å²) < 4.78 is 5.34. The number of benzene rings is 3. The molecule has 0 unspecified atom stereocenters. The van der Waals surface area contributed by atoms with E-state index in [1.165, 1.54) is 5.56 Å². The van der Waals surface area contributed by atoms with Crippen LogP contribution in [0.1, 0.15) is 48.4 Å². The highest BCUT2D eigenvalue weighted by Crippen LogP contribution is 2.47. The van der Waals surface area contributed by atoms with E-state index in [4.69, 9.17) is 4.74 Å². The molecule has 2 atom stereocenters. The van der Waals surface area contributed by atoms with Crippen LogP contribution in [0.2, 0.25) is 0 Å². The summed E-state index contributed by atoms with van der Waals surface area (Å²) in [6.07, 6.45) is 1.12. The molecule has 1 N–H and O–H groups in total.